The Morgan fingerprint density at radius 2 is 1.79 bits per heavy atom. The highest BCUT2D eigenvalue weighted by Crippen LogP contribution is 2.29. The molecule has 3 nitrogen and oxygen atoms in total. The fraction of sp³-hybridized carbons (Fsp3) is 0.500. The van der Waals surface area contributed by atoms with Gasteiger partial charge in [0.1, 0.15) is 0 Å². The van der Waals surface area contributed by atoms with Crippen molar-refractivity contribution in [2.24, 2.45) is 5.92 Å². The Morgan fingerprint density at radius 1 is 1.21 bits per heavy atom. The minimum absolute atomic E-state index is 0.142. The van der Waals surface area contributed by atoms with E-state index in [0.717, 1.165) is 15.4 Å². The zero-order valence-electron chi connectivity index (χ0n) is 10.9. The van der Waals surface area contributed by atoms with Crippen molar-refractivity contribution < 1.29 is 8.42 Å². The first kappa shape index (κ1) is 17.6. The lowest BCUT2D eigenvalue weighted by atomic mass is 10.1. The lowest BCUT2D eigenvalue weighted by Crippen LogP contribution is -2.37. The van der Waals surface area contributed by atoms with Crippen LogP contribution in [0, 0.1) is 12.8 Å². The number of alkyl halides is 1. The van der Waals surface area contributed by atoms with Crippen molar-refractivity contribution in [3.8, 4) is 0 Å². The molecule has 0 aliphatic rings. The molecule has 0 amide bonds. The molecule has 0 aromatic heterocycles. The zero-order chi connectivity index (χ0) is 14.8. The molecule has 1 N–H and O–H groups in total. The van der Waals surface area contributed by atoms with Crippen LogP contribution in [0.15, 0.2) is 26.0 Å². The summed E-state index contributed by atoms with van der Waals surface area (Å²) < 4.78 is 28.8. The number of halogens is 3. The number of benzene rings is 1. The zero-order valence-corrected chi connectivity index (χ0v) is 16.4. The van der Waals surface area contributed by atoms with Crippen LogP contribution in [-0.4, -0.2) is 19.8 Å². The number of rotatable bonds is 5. The van der Waals surface area contributed by atoms with E-state index in [9.17, 15) is 8.42 Å². The second kappa shape index (κ2) is 7.02. The molecule has 19 heavy (non-hydrogen) atoms. The molecule has 1 aromatic carbocycles. The molecule has 1 aromatic rings. The quantitative estimate of drug-likeness (QED) is 0.645. The maximum Gasteiger partial charge on any atom is 0.241 e. The summed E-state index contributed by atoms with van der Waals surface area (Å²) >= 11 is 10.0. The first-order valence-electron chi connectivity index (χ1n) is 5.73. The number of hydrogen-bond donors (Lipinski definition) is 1. The van der Waals surface area contributed by atoms with E-state index in [0.29, 0.717) is 4.47 Å². The Kier molecular flexibility index (Phi) is 6.51. The highest BCUT2D eigenvalue weighted by molar-refractivity contribution is 9.11. The van der Waals surface area contributed by atoms with Gasteiger partial charge in [-0.25, -0.2) is 13.1 Å². The summed E-state index contributed by atoms with van der Waals surface area (Å²) in [5, 5.41) is 0.745. The van der Waals surface area contributed by atoms with Crippen LogP contribution in [0.1, 0.15) is 19.4 Å². The van der Waals surface area contributed by atoms with Gasteiger partial charge >= 0.3 is 0 Å². The van der Waals surface area contributed by atoms with Gasteiger partial charge in [0.2, 0.25) is 10.0 Å². The molecule has 0 saturated carbocycles. The molecule has 0 bridgehead atoms. The molecule has 1 rings (SSSR count). The fourth-order valence-corrected chi connectivity index (χ4v) is 4.98. The smallest absolute Gasteiger partial charge is 0.208 e. The average molecular weight is 478 g/mol. The van der Waals surface area contributed by atoms with Crippen molar-refractivity contribution >= 4 is 57.8 Å². The van der Waals surface area contributed by atoms with E-state index in [-0.39, 0.29) is 16.9 Å². The molecular weight excluding hydrogens is 462 g/mol. The summed E-state index contributed by atoms with van der Waals surface area (Å²) in [6.45, 7) is 5.76. The van der Waals surface area contributed by atoms with Crippen LogP contribution < -0.4 is 4.72 Å². The predicted molar refractivity (Wildman–Crippen MR) is 89.3 cm³/mol. The molecule has 0 saturated heterocycles. The van der Waals surface area contributed by atoms with Gasteiger partial charge in [-0.3, -0.25) is 0 Å². The number of nitrogens with one attached hydrogen (secondary N) is 1. The Labute approximate surface area is 140 Å². The van der Waals surface area contributed by atoms with Gasteiger partial charge in [-0.1, -0.05) is 38.8 Å². The molecule has 0 aliphatic carbocycles. The molecule has 0 radical (unpaired) electrons. The van der Waals surface area contributed by atoms with Gasteiger partial charge < -0.3 is 0 Å². The summed E-state index contributed by atoms with van der Waals surface area (Å²) in [6.07, 6.45) is 0. The molecule has 0 heterocycles. The molecule has 2 unspecified atom stereocenters. The third-order valence-corrected chi connectivity index (χ3v) is 7.33. The molecule has 2 atom stereocenters. The molecule has 0 fully saturated rings. The Bertz CT molecular complexity index is 560. The Balaban J connectivity index is 3.11. The average Bonchev–Trinajstić information content (AvgIpc) is 2.31. The van der Waals surface area contributed by atoms with Crippen molar-refractivity contribution in [3.63, 3.8) is 0 Å². The van der Waals surface area contributed by atoms with Gasteiger partial charge in [0.25, 0.3) is 0 Å². The van der Waals surface area contributed by atoms with Crippen LogP contribution in [0.5, 0.6) is 0 Å². The van der Waals surface area contributed by atoms with Gasteiger partial charge in [-0.2, -0.15) is 0 Å². The summed E-state index contributed by atoms with van der Waals surface area (Å²) in [5.74, 6) is 0.211. The van der Waals surface area contributed by atoms with Gasteiger partial charge in [-0.15, -0.1) is 0 Å². The highest BCUT2D eigenvalue weighted by Gasteiger charge is 2.23. The van der Waals surface area contributed by atoms with Crippen molar-refractivity contribution in [1.29, 1.82) is 0 Å². The normalized spacial score (nSPS) is 15.3. The Hall–Kier alpha value is 0.570. The van der Waals surface area contributed by atoms with E-state index in [4.69, 9.17) is 0 Å². The summed E-state index contributed by atoms with van der Waals surface area (Å²) in [6, 6.07) is 3.26. The van der Waals surface area contributed by atoms with E-state index >= 15 is 0 Å². The van der Waals surface area contributed by atoms with E-state index in [1.54, 1.807) is 12.1 Å². The van der Waals surface area contributed by atoms with Crippen LogP contribution in [0.25, 0.3) is 0 Å². The third kappa shape index (κ3) is 4.52. The summed E-state index contributed by atoms with van der Waals surface area (Å²) in [7, 11) is -3.53. The van der Waals surface area contributed by atoms with Gasteiger partial charge in [-0.05, 0) is 53.4 Å². The lowest BCUT2D eigenvalue weighted by molar-refractivity contribution is 0.484. The van der Waals surface area contributed by atoms with E-state index in [1.165, 1.54) is 0 Å². The minimum atomic E-state index is -3.53. The van der Waals surface area contributed by atoms with Crippen molar-refractivity contribution in [2.45, 2.75) is 31.7 Å². The molecular formula is C12H16Br3NO2S. The summed E-state index contributed by atoms with van der Waals surface area (Å²) in [4.78, 5) is 0.249. The van der Waals surface area contributed by atoms with E-state index in [1.807, 2.05) is 20.8 Å². The van der Waals surface area contributed by atoms with Crippen molar-refractivity contribution in [3.05, 3.63) is 26.6 Å². The van der Waals surface area contributed by atoms with Crippen LogP contribution in [0.2, 0.25) is 0 Å². The second-order valence-corrected chi connectivity index (χ2v) is 8.61. The predicted octanol–water partition coefficient (Wildman–Crippen LogP) is 4.22. The maximum atomic E-state index is 12.4. The standard InChI is InChI=1S/C12H16Br3NO2S/c1-7-4-11(15)12(5-10(7)14)19(17,18)16-9(3)8(2)6-13/h4-5,8-9,16H,6H2,1-3H3. The van der Waals surface area contributed by atoms with Crippen LogP contribution in [0.3, 0.4) is 0 Å². The van der Waals surface area contributed by atoms with Crippen LogP contribution in [-0.2, 0) is 10.0 Å². The van der Waals surface area contributed by atoms with Crippen molar-refractivity contribution in [1.82, 2.24) is 4.72 Å². The minimum Gasteiger partial charge on any atom is -0.208 e. The SMILES string of the molecule is Cc1cc(Br)c(S(=O)(=O)NC(C)C(C)CBr)cc1Br. The Morgan fingerprint density at radius 3 is 2.32 bits per heavy atom. The first-order valence-corrected chi connectivity index (χ1v) is 9.92. The third-order valence-electron chi connectivity index (χ3n) is 2.94. The van der Waals surface area contributed by atoms with Crippen LogP contribution in [0.4, 0.5) is 0 Å². The van der Waals surface area contributed by atoms with Crippen LogP contribution >= 0.6 is 47.8 Å². The molecule has 0 aliphatic heterocycles. The number of sulfonamides is 1. The maximum absolute atomic E-state index is 12.4. The van der Waals surface area contributed by atoms with Gasteiger partial charge in [0.15, 0.2) is 0 Å². The summed E-state index contributed by atoms with van der Waals surface area (Å²) in [5.41, 5.74) is 0.979. The van der Waals surface area contributed by atoms with Gasteiger partial charge in [0.05, 0.1) is 4.90 Å². The fourth-order valence-electron chi connectivity index (χ4n) is 1.39. The molecule has 7 heteroatoms. The first-order chi connectivity index (χ1) is 8.69. The monoisotopic (exact) mass is 475 g/mol. The largest absolute Gasteiger partial charge is 0.241 e. The van der Waals surface area contributed by atoms with E-state index < -0.39 is 10.0 Å². The molecule has 0 spiro atoms. The number of aryl methyl sites for hydroxylation is 1. The lowest BCUT2D eigenvalue weighted by Gasteiger charge is -2.20. The topological polar surface area (TPSA) is 46.2 Å². The van der Waals surface area contributed by atoms with Gasteiger partial charge in [0, 0.05) is 20.3 Å². The second-order valence-electron chi connectivity index (χ2n) is 4.57. The highest BCUT2D eigenvalue weighted by atomic mass is 79.9. The number of hydrogen-bond acceptors (Lipinski definition) is 2. The molecule has 108 valence electrons. The van der Waals surface area contributed by atoms with Crippen molar-refractivity contribution in [2.75, 3.05) is 5.33 Å². The van der Waals surface area contributed by atoms with E-state index in [2.05, 4.69) is 52.5 Å².